The molecule has 0 bridgehead atoms. The van der Waals surface area contributed by atoms with E-state index in [2.05, 4.69) is 11.1 Å². The topological polar surface area (TPSA) is 90.7 Å². The lowest BCUT2D eigenvalue weighted by molar-refractivity contribution is 0.0527. The van der Waals surface area contributed by atoms with Crippen LogP contribution in [-0.4, -0.2) is 38.4 Å². The highest BCUT2D eigenvalue weighted by Gasteiger charge is 2.16. The lowest BCUT2D eigenvalue weighted by Crippen LogP contribution is -2.07. The first-order valence-electron chi connectivity index (χ1n) is 10.1. The summed E-state index contributed by atoms with van der Waals surface area (Å²) in [5.41, 5.74) is 2.82. The molecule has 0 spiro atoms. The molecule has 0 aliphatic carbocycles. The van der Waals surface area contributed by atoms with Gasteiger partial charge in [-0.05, 0) is 55.0 Å². The van der Waals surface area contributed by atoms with Crippen LogP contribution in [0.1, 0.15) is 28.4 Å². The fraction of sp³-hybridized carbons (Fsp3) is 0.240. The van der Waals surface area contributed by atoms with E-state index in [0.29, 0.717) is 52.7 Å². The highest BCUT2D eigenvalue weighted by Crippen LogP contribution is 2.29. The van der Waals surface area contributed by atoms with Gasteiger partial charge >= 0.3 is 5.97 Å². The molecule has 0 aliphatic rings. The maximum absolute atomic E-state index is 12.3. The van der Waals surface area contributed by atoms with E-state index >= 15 is 0 Å². The van der Waals surface area contributed by atoms with Gasteiger partial charge in [0.25, 0.3) is 0 Å². The molecule has 7 heteroatoms. The van der Waals surface area contributed by atoms with Crippen LogP contribution >= 0.6 is 0 Å². The zero-order valence-corrected chi connectivity index (χ0v) is 18.3. The lowest BCUT2D eigenvalue weighted by atomic mass is 10.0. The van der Waals surface area contributed by atoms with E-state index in [-0.39, 0.29) is 6.61 Å². The Labute approximate surface area is 187 Å². The Bertz CT molecular complexity index is 1140. The molecule has 7 nitrogen and oxygen atoms in total. The molecule has 0 saturated heterocycles. The van der Waals surface area contributed by atoms with Crippen LogP contribution in [-0.2, 0) is 11.2 Å². The summed E-state index contributed by atoms with van der Waals surface area (Å²) in [5.74, 6) is 1.32. The van der Waals surface area contributed by atoms with E-state index in [9.17, 15) is 10.1 Å². The third-order valence-corrected chi connectivity index (χ3v) is 4.77. The summed E-state index contributed by atoms with van der Waals surface area (Å²) in [6, 6.07) is 16.3. The largest absolute Gasteiger partial charge is 0.493 e. The van der Waals surface area contributed by atoms with Crippen LogP contribution < -0.4 is 14.2 Å². The summed E-state index contributed by atoms with van der Waals surface area (Å²) in [6.07, 6.45) is 2.22. The van der Waals surface area contributed by atoms with Crippen molar-refractivity contribution in [3.8, 4) is 34.6 Å². The number of hydrogen-bond donors (Lipinski definition) is 0. The van der Waals surface area contributed by atoms with Crippen molar-refractivity contribution in [2.24, 2.45) is 0 Å². The van der Waals surface area contributed by atoms with Crippen molar-refractivity contribution >= 4 is 5.97 Å². The number of methoxy groups -OCH3 is 2. The molecule has 1 heterocycles. The predicted octanol–water partition coefficient (Wildman–Crippen LogP) is 4.44. The summed E-state index contributed by atoms with van der Waals surface area (Å²) in [7, 11) is 3.18. The summed E-state index contributed by atoms with van der Waals surface area (Å²) >= 11 is 0. The van der Waals surface area contributed by atoms with Gasteiger partial charge in [-0.1, -0.05) is 6.07 Å². The number of ether oxygens (including phenoxy) is 4. The number of esters is 1. The summed E-state index contributed by atoms with van der Waals surface area (Å²) in [6.45, 7) is 2.39. The summed E-state index contributed by atoms with van der Waals surface area (Å²) < 4.78 is 21.6. The quantitative estimate of drug-likeness (QED) is 0.462. The van der Waals surface area contributed by atoms with E-state index < -0.39 is 5.97 Å². The Morgan fingerprint density at radius 2 is 1.81 bits per heavy atom. The molecule has 0 amide bonds. The van der Waals surface area contributed by atoms with Crippen LogP contribution in [0.5, 0.6) is 17.2 Å². The minimum absolute atomic E-state index is 0.267. The van der Waals surface area contributed by atoms with Crippen molar-refractivity contribution in [3.63, 3.8) is 0 Å². The molecule has 32 heavy (non-hydrogen) atoms. The Kier molecular flexibility index (Phi) is 7.65. The van der Waals surface area contributed by atoms with Crippen molar-refractivity contribution in [2.75, 3.05) is 27.4 Å². The van der Waals surface area contributed by atoms with Crippen molar-refractivity contribution in [1.29, 1.82) is 5.26 Å². The smallest absolute Gasteiger partial charge is 0.340 e. The molecular weight excluding hydrogens is 408 g/mol. The monoisotopic (exact) mass is 432 g/mol. The van der Waals surface area contributed by atoms with E-state index in [1.54, 1.807) is 57.7 Å². The maximum atomic E-state index is 12.3. The van der Waals surface area contributed by atoms with Gasteiger partial charge in [-0.15, -0.1) is 0 Å². The van der Waals surface area contributed by atoms with Crippen molar-refractivity contribution < 1.29 is 23.7 Å². The number of carbonyl (C=O) groups excluding carboxylic acids is 1. The SMILES string of the molecule is CCOC(=O)c1cccnc1-c1ccc(OCCc2ccc(OC)c(OC)c2)c(C#N)c1. The number of hydrogen-bond acceptors (Lipinski definition) is 7. The standard InChI is InChI=1S/C25H24N2O5/c1-4-31-25(28)20-6-5-12-27-24(20)18-8-10-21(19(15-18)16-26)32-13-11-17-7-9-22(29-2)23(14-17)30-3/h5-10,12,14-15H,4,11,13H2,1-3H3. The third kappa shape index (κ3) is 5.16. The van der Waals surface area contributed by atoms with Gasteiger partial charge < -0.3 is 18.9 Å². The number of aromatic nitrogens is 1. The molecule has 0 N–H and O–H groups in total. The van der Waals surface area contributed by atoms with Gasteiger partial charge in [0.05, 0.1) is 44.3 Å². The molecule has 2 aromatic carbocycles. The molecule has 0 atom stereocenters. The number of nitrogens with zero attached hydrogens (tertiary/aromatic N) is 2. The lowest BCUT2D eigenvalue weighted by Gasteiger charge is -2.12. The number of nitriles is 1. The van der Waals surface area contributed by atoms with Gasteiger partial charge in [0.2, 0.25) is 0 Å². The van der Waals surface area contributed by atoms with Crippen LogP contribution in [0.3, 0.4) is 0 Å². The third-order valence-electron chi connectivity index (χ3n) is 4.77. The number of pyridine rings is 1. The van der Waals surface area contributed by atoms with Crippen LogP contribution in [0, 0.1) is 11.3 Å². The average molecular weight is 432 g/mol. The molecule has 1 aromatic heterocycles. The molecule has 0 fully saturated rings. The average Bonchev–Trinajstić information content (AvgIpc) is 2.84. The molecule has 0 saturated carbocycles. The molecular formula is C25H24N2O5. The van der Waals surface area contributed by atoms with Crippen molar-refractivity contribution in [3.05, 3.63) is 71.4 Å². The summed E-state index contributed by atoms with van der Waals surface area (Å²) in [5, 5.41) is 9.62. The summed E-state index contributed by atoms with van der Waals surface area (Å²) in [4.78, 5) is 16.6. The Morgan fingerprint density at radius 3 is 2.53 bits per heavy atom. The first-order valence-corrected chi connectivity index (χ1v) is 10.1. The Hall–Kier alpha value is -4.05. The zero-order chi connectivity index (χ0) is 22.9. The zero-order valence-electron chi connectivity index (χ0n) is 18.3. The van der Waals surface area contributed by atoms with Gasteiger partial charge in [-0.25, -0.2) is 4.79 Å². The van der Waals surface area contributed by atoms with Crippen LogP contribution in [0.4, 0.5) is 0 Å². The molecule has 0 aliphatic heterocycles. The molecule has 0 radical (unpaired) electrons. The van der Waals surface area contributed by atoms with Crippen LogP contribution in [0.2, 0.25) is 0 Å². The van der Waals surface area contributed by atoms with Gasteiger partial charge in [0, 0.05) is 18.2 Å². The number of benzene rings is 2. The molecule has 3 aromatic rings. The first-order chi connectivity index (χ1) is 15.6. The van der Waals surface area contributed by atoms with Crippen LogP contribution in [0.25, 0.3) is 11.3 Å². The van der Waals surface area contributed by atoms with E-state index in [1.165, 1.54) is 0 Å². The maximum Gasteiger partial charge on any atom is 0.340 e. The second kappa shape index (κ2) is 10.8. The number of rotatable bonds is 9. The molecule has 0 unspecified atom stereocenters. The fourth-order valence-electron chi connectivity index (χ4n) is 3.21. The number of carbonyl (C=O) groups is 1. The normalized spacial score (nSPS) is 10.2. The Balaban J connectivity index is 1.76. The van der Waals surface area contributed by atoms with Gasteiger partial charge in [0.15, 0.2) is 11.5 Å². The van der Waals surface area contributed by atoms with Gasteiger partial charge in [0.1, 0.15) is 11.8 Å². The van der Waals surface area contributed by atoms with Crippen molar-refractivity contribution in [2.45, 2.75) is 13.3 Å². The minimum atomic E-state index is -0.454. The van der Waals surface area contributed by atoms with Crippen molar-refractivity contribution in [1.82, 2.24) is 4.98 Å². The minimum Gasteiger partial charge on any atom is -0.493 e. The van der Waals surface area contributed by atoms with E-state index in [4.69, 9.17) is 18.9 Å². The van der Waals surface area contributed by atoms with E-state index in [1.807, 2.05) is 18.2 Å². The Morgan fingerprint density at radius 1 is 1.03 bits per heavy atom. The second-order valence-electron chi connectivity index (χ2n) is 6.73. The fourth-order valence-corrected chi connectivity index (χ4v) is 3.21. The van der Waals surface area contributed by atoms with Gasteiger partial charge in [-0.2, -0.15) is 5.26 Å². The predicted molar refractivity (Wildman–Crippen MR) is 119 cm³/mol. The van der Waals surface area contributed by atoms with E-state index in [0.717, 1.165) is 5.56 Å². The van der Waals surface area contributed by atoms with Crippen LogP contribution in [0.15, 0.2) is 54.7 Å². The first kappa shape index (κ1) is 22.6. The molecule has 164 valence electrons. The van der Waals surface area contributed by atoms with Gasteiger partial charge in [-0.3, -0.25) is 4.98 Å². The second-order valence-corrected chi connectivity index (χ2v) is 6.73. The highest BCUT2D eigenvalue weighted by atomic mass is 16.5. The molecule has 3 rings (SSSR count). The highest BCUT2D eigenvalue weighted by molar-refractivity contribution is 5.96.